The average Bonchev–Trinajstić information content (AvgIpc) is 3.37. The topological polar surface area (TPSA) is 90.1 Å². The summed E-state index contributed by atoms with van der Waals surface area (Å²) in [5.41, 5.74) is 2.43. The lowest BCUT2D eigenvalue weighted by Gasteiger charge is -2.34. The second-order valence-corrected chi connectivity index (χ2v) is 10.9. The Hall–Kier alpha value is -2.81. The number of halogens is 1. The highest BCUT2D eigenvalue weighted by Gasteiger charge is 2.39. The quantitative estimate of drug-likeness (QED) is 0.469. The van der Waals surface area contributed by atoms with Crippen molar-refractivity contribution in [3.63, 3.8) is 0 Å². The van der Waals surface area contributed by atoms with Crippen molar-refractivity contribution in [3.05, 3.63) is 46.5 Å². The normalized spacial score (nSPS) is 22.6. The lowest BCUT2D eigenvalue weighted by molar-refractivity contribution is -0.151. The van der Waals surface area contributed by atoms with E-state index < -0.39 is 11.4 Å². The summed E-state index contributed by atoms with van der Waals surface area (Å²) in [7, 11) is 0. The molecule has 2 fully saturated rings. The van der Waals surface area contributed by atoms with Gasteiger partial charge in [-0.25, -0.2) is 9.67 Å². The van der Waals surface area contributed by atoms with E-state index in [1.54, 1.807) is 17.7 Å². The van der Waals surface area contributed by atoms with Crippen molar-refractivity contribution >= 4 is 17.3 Å². The van der Waals surface area contributed by atoms with Crippen LogP contribution in [0, 0.1) is 23.4 Å². The van der Waals surface area contributed by atoms with Crippen molar-refractivity contribution < 1.29 is 19.0 Å². The van der Waals surface area contributed by atoms with Gasteiger partial charge in [0.25, 0.3) is 0 Å². The third-order valence-electron chi connectivity index (χ3n) is 6.90. The number of aryl methyl sites for hydroxylation is 1. The van der Waals surface area contributed by atoms with E-state index in [4.69, 9.17) is 9.72 Å². The van der Waals surface area contributed by atoms with Crippen LogP contribution in [-0.4, -0.2) is 37.2 Å². The third kappa shape index (κ3) is 4.99. The number of aromatic nitrogens is 4. The second-order valence-electron chi connectivity index (χ2n) is 9.94. The van der Waals surface area contributed by atoms with Crippen molar-refractivity contribution in [1.82, 2.24) is 20.0 Å². The Morgan fingerprint density at radius 1 is 1.35 bits per heavy atom. The summed E-state index contributed by atoms with van der Waals surface area (Å²) in [6.07, 6.45) is 8.05. The Bertz CT molecular complexity index is 1200. The molecule has 9 heteroatoms. The van der Waals surface area contributed by atoms with Crippen molar-refractivity contribution in [1.29, 1.82) is 0 Å². The van der Waals surface area contributed by atoms with E-state index in [0.29, 0.717) is 36.5 Å². The highest BCUT2D eigenvalue weighted by molar-refractivity contribution is 7.14. The molecular formula is C25H29FN4O3S. The van der Waals surface area contributed by atoms with Crippen LogP contribution in [0.25, 0.3) is 10.6 Å². The number of nitrogens with zero attached hydrogens (tertiary/aromatic N) is 4. The first-order chi connectivity index (χ1) is 16.3. The maximum absolute atomic E-state index is 14.3. The van der Waals surface area contributed by atoms with Gasteiger partial charge in [-0.15, -0.1) is 16.4 Å². The van der Waals surface area contributed by atoms with Crippen molar-refractivity contribution in [2.75, 3.05) is 0 Å². The zero-order valence-corrected chi connectivity index (χ0v) is 20.3. The van der Waals surface area contributed by atoms with Crippen LogP contribution in [0.5, 0.6) is 5.75 Å². The van der Waals surface area contributed by atoms with Gasteiger partial charge in [-0.3, -0.25) is 4.79 Å². The van der Waals surface area contributed by atoms with Gasteiger partial charge in [0.05, 0.1) is 40.0 Å². The molecule has 0 saturated heterocycles. The van der Waals surface area contributed by atoms with Crippen LogP contribution >= 0.6 is 11.3 Å². The summed E-state index contributed by atoms with van der Waals surface area (Å²) in [4.78, 5) is 17.1. The van der Waals surface area contributed by atoms with Crippen LogP contribution in [0.15, 0.2) is 24.4 Å². The Labute approximate surface area is 202 Å². The van der Waals surface area contributed by atoms with Gasteiger partial charge in [-0.05, 0) is 82.1 Å². The molecule has 180 valence electrons. The van der Waals surface area contributed by atoms with Gasteiger partial charge in [0.1, 0.15) is 5.75 Å². The van der Waals surface area contributed by atoms with E-state index in [9.17, 15) is 14.3 Å². The molecular weight excluding hydrogens is 455 g/mol. The SMILES string of the molecule is Cc1nc(-c2sc(F)cc2Cn2cc(CC3CC3)nn2)ccc1O[C@H]1CCC[C@](C)(C(=O)O)C1. The smallest absolute Gasteiger partial charge is 0.309 e. The van der Waals surface area contributed by atoms with Crippen LogP contribution in [0.4, 0.5) is 4.39 Å². The largest absolute Gasteiger partial charge is 0.488 e. The number of thiophene rings is 1. The molecule has 2 atom stereocenters. The van der Waals surface area contributed by atoms with E-state index in [1.165, 1.54) is 12.8 Å². The fourth-order valence-electron chi connectivity index (χ4n) is 4.73. The first-order valence-corrected chi connectivity index (χ1v) is 12.7. The minimum Gasteiger partial charge on any atom is -0.488 e. The molecule has 3 aromatic rings. The number of aliphatic carboxylic acids is 1. The Morgan fingerprint density at radius 3 is 2.91 bits per heavy atom. The summed E-state index contributed by atoms with van der Waals surface area (Å²) in [5.74, 6) is 0.604. The maximum Gasteiger partial charge on any atom is 0.309 e. The highest BCUT2D eigenvalue weighted by atomic mass is 32.1. The molecule has 3 heterocycles. The summed E-state index contributed by atoms with van der Waals surface area (Å²) in [5, 5.41) is 17.8. The Morgan fingerprint density at radius 2 is 2.18 bits per heavy atom. The lowest BCUT2D eigenvalue weighted by Crippen LogP contribution is -2.38. The van der Waals surface area contributed by atoms with E-state index in [0.717, 1.165) is 52.7 Å². The van der Waals surface area contributed by atoms with Crippen LogP contribution in [-0.2, 0) is 17.8 Å². The second kappa shape index (κ2) is 9.09. The lowest BCUT2D eigenvalue weighted by atomic mass is 9.74. The zero-order valence-electron chi connectivity index (χ0n) is 19.5. The summed E-state index contributed by atoms with van der Waals surface area (Å²) in [6, 6.07) is 5.24. The molecule has 0 unspecified atom stereocenters. The molecule has 0 amide bonds. The minimum absolute atomic E-state index is 0.159. The fraction of sp³-hybridized carbons (Fsp3) is 0.520. The number of carboxylic acids is 1. The highest BCUT2D eigenvalue weighted by Crippen LogP contribution is 2.39. The van der Waals surface area contributed by atoms with Gasteiger partial charge in [-0.1, -0.05) is 5.21 Å². The van der Waals surface area contributed by atoms with Crippen LogP contribution < -0.4 is 4.74 Å². The number of carboxylic acid groups (broad SMARTS) is 1. The molecule has 0 aromatic carbocycles. The minimum atomic E-state index is -0.773. The molecule has 0 radical (unpaired) electrons. The van der Waals surface area contributed by atoms with Gasteiger partial charge >= 0.3 is 5.97 Å². The molecule has 2 aliphatic carbocycles. The van der Waals surface area contributed by atoms with Gasteiger partial charge < -0.3 is 9.84 Å². The van der Waals surface area contributed by atoms with Gasteiger partial charge in [0.15, 0.2) is 5.13 Å². The van der Waals surface area contributed by atoms with Crippen molar-refractivity contribution in [3.8, 4) is 16.3 Å². The third-order valence-corrected chi connectivity index (χ3v) is 7.89. The fourth-order valence-corrected chi connectivity index (χ4v) is 5.60. The average molecular weight is 485 g/mol. The van der Waals surface area contributed by atoms with Gasteiger partial charge in [-0.2, -0.15) is 4.39 Å². The zero-order chi connectivity index (χ0) is 23.9. The maximum atomic E-state index is 14.3. The van der Waals surface area contributed by atoms with Crippen LogP contribution in [0.1, 0.15) is 62.4 Å². The predicted molar refractivity (Wildman–Crippen MR) is 126 cm³/mol. The molecule has 7 nitrogen and oxygen atoms in total. The van der Waals surface area contributed by atoms with Gasteiger partial charge in [0, 0.05) is 12.6 Å². The Kier molecular flexibility index (Phi) is 6.14. The van der Waals surface area contributed by atoms with E-state index >= 15 is 0 Å². The summed E-state index contributed by atoms with van der Waals surface area (Å²) in [6.45, 7) is 4.08. The molecule has 0 aliphatic heterocycles. The first-order valence-electron chi connectivity index (χ1n) is 11.8. The molecule has 5 rings (SSSR count). The summed E-state index contributed by atoms with van der Waals surface area (Å²) >= 11 is 1.07. The molecule has 3 aromatic heterocycles. The van der Waals surface area contributed by atoms with Crippen LogP contribution in [0.3, 0.4) is 0 Å². The number of hydrogen-bond donors (Lipinski definition) is 1. The molecule has 34 heavy (non-hydrogen) atoms. The molecule has 0 spiro atoms. The van der Waals surface area contributed by atoms with Crippen molar-refractivity contribution in [2.24, 2.45) is 11.3 Å². The molecule has 0 bridgehead atoms. The van der Waals surface area contributed by atoms with Gasteiger partial charge in [0.2, 0.25) is 0 Å². The number of rotatable bonds is 8. The molecule has 2 aliphatic rings. The molecule has 1 N–H and O–H groups in total. The van der Waals surface area contributed by atoms with E-state index in [1.807, 2.05) is 25.3 Å². The number of ether oxygens (including phenoxy) is 1. The number of carbonyl (C=O) groups is 1. The molecule has 2 saturated carbocycles. The summed E-state index contributed by atoms with van der Waals surface area (Å²) < 4.78 is 22.2. The van der Waals surface area contributed by atoms with Crippen LogP contribution in [0.2, 0.25) is 0 Å². The van der Waals surface area contributed by atoms with Crippen molar-refractivity contribution in [2.45, 2.75) is 71.4 Å². The Balaban J connectivity index is 1.31. The van der Waals surface area contributed by atoms with E-state index in [2.05, 4.69) is 10.3 Å². The number of pyridine rings is 1. The first kappa shape index (κ1) is 23.0. The van der Waals surface area contributed by atoms with E-state index in [-0.39, 0.29) is 11.2 Å². The monoisotopic (exact) mass is 484 g/mol. The number of hydrogen-bond acceptors (Lipinski definition) is 6. The standard InChI is InChI=1S/C25H29FN4O3S/c1-15-21(33-19-4-3-9-25(2,12-19)24(31)32)8-7-20(27-15)23-17(11-22(26)34-23)13-30-14-18(28-29-30)10-16-5-6-16/h7-8,11,14,16,19H,3-6,9-10,12-13H2,1-2H3,(H,31,32)/t19-,25-/m0/s1. The predicted octanol–water partition coefficient (Wildman–Crippen LogP) is 5.26.